The van der Waals surface area contributed by atoms with E-state index in [1.165, 1.54) is 31.3 Å². The summed E-state index contributed by atoms with van der Waals surface area (Å²) in [6.07, 6.45) is 13.2. The Labute approximate surface area is 313 Å². The van der Waals surface area contributed by atoms with Gasteiger partial charge in [-0.15, -0.1) is 0 Å². The molecule has 7 rings (SSSR count). The number of aromatic nitrogens is 1. The van der Waals surface area contributed by atoms with Crippen LogP contribution in [0.3, 0.4) is 0 Å². The first-order valence-corrected chi connectivity index (χ1v) is 20.5. The second kappa shape index (κ2) is 13.4. The standard InChI is InChI=1S/C46H65N3O3/c1-29(2)33-17-23-46(41(52)48-27-20-31-12-11-13-32(28-31)40(51)49-30(3)35-14-9-10-26-47-35)25-24-44(7)34(39(33)46)15-16-37-43(6)21-19-38(50)42(4,5)36(43)18-22-45(37,44)8/h9-14,26,28,30,33-34,36-39,50H,1,15-25,27H2,2-8H3,(H,48,52)(H,49,51)/t30-,33-,34?,36?,37?,38-,39?,43-,44+,45+,46-/m0/s1. The van der Waals surface area contributed by atoms with Gasteiger partial charge in [0, 0.05) is 18.3 Å². The van der Waals surface area contributed by atoms with Gasteiger partial charge in [0.15, 0.2) is 0 Å². The van der Waals surface area contributed by atoms with E-state index >= 15 is 0 Å². The molecule has 3 N–H and O–H groups in total. The van der Waals surface area contributed by atoms with Crippen LogP contribution in [0.15, 0.2) is 60.8 Å². The molecule has 5 saturated carbocycles. The SMILES string of the molecule is C=C(C)[C@@H]1CC[C@]2(C(=O)NCCc3cccc(C(=O)N[C@@H](C)c4ccccn4)c3)CC[C@]3(C)C(CCC4[C@@]5(C)CC[C@H](O)C(C)(C)C5CC[C@]43C)C12. The molecule has 2 amide bonds. The van der Waals surface area contributed by atoms with Crippen molar-refractivity contribution < 1.29 is 14.7 Å². The van der Waals surface area contributed by atoms with Crippen LogP contribution >= 0.6 is 0 Å². The van der Waals surface area contributed by atoms with Crippen LogP contribution in [0.1, 0.15) is 140 Å². The summed E-state index contributed by atoms with van der Waals surface area (Å²) in [5.41, 5.74) is 3.99. The number of benzene rings is 1. The lowest BCUT2D eigenvalue weighted by atomic mass is 9.32. The molecule has 0 saturated heterocycles. The molecule has 0 radical (unpaired) electrons. The number of hydrogen-bond acceptors (Lipinski definition) is 4. The average molecular weight is 708 g/mol. The van der Waals surface area contributed by atoms with E-state index in [2.05, 4.69) is 63.7 Å². The van der Waals surface area contributed by atoms with Crippen LogP contribution < -0.4 is 10.6 Å². The highest BCUT2D eigenvalue weighted by atomic mass is 16.3. The van der Waals surface area contributed by atoms with Crippen molar-refractivity contribution in [2.24, 2.45) is 56.7 Å². The van der Waals surface area contributed by atoms with Gasteiger partial charge in [-0.1, -0.05) is 65.0 Å². The van der Waals surface area contributed by atoms with Gasteiger partial charge >= 0.3 is 0 Å². The lowest BCUT2D eigenvalue weighted by Crippen LogP contribution is -2.67. The number of amides is 2. The molecule has 0 aliphatic heterocycles. The molecule has 1 aromatic heterocycles. The van der Waals surface area contributed by atoms with Crippen molar-refractivity contribution in [3.63, 3.8) is 0 Å². The first-order valence-electron chi connectivity index (χ1n) is 20.5. The van der Waals surface area contributed by atoms with Crippen LogP contribution in [0.5, 0.6) is 0 Å². The van der Waals surface area contributed by atoms with Crippen LogP contribution in [0.25, 0.3) is 0 Å². The Morgan fingerprint density at radius 1 is 0.904 bits per heavy atom. The smallest absolute Gasteiger partial charge is 0.251 e. The number of carbonyl (C=O) groups excluding carboxylic acids is 2. The monoisotopic (exact) mass is 708 g/mol. The Kier molecular flexibility index (Phi) is 9.61. The summed E-state index contributed by atoms with van der Waals surface area (Å²) in [6, 6.07) is 13.3. The van der Waals surface area contributed by atoms with Gasteiger partial charge in [0.2, 0.25) is 5.91 Å². The number of allylic oxidation sites excluding steroid dienone is 1. The molecule has 0 spiro atoms. The van der Waals surface area contributed by atoms with Gasteiger partial charge in [-0.3, -0.25) is 14.6 Å². The molecule has 5 aliphatic carbocycles. The molecule has 2 aromatic rings. The molecule has 1 heterocycles. The van der Waals surface area contributed by atoms with Gasteiger partial charge in [-0.2, -0.15) is 0 Å². The minimum Gasteiger partial charge on any atom is -0.393 e. The molecule has 52 heavy (non-hydrogen) atoms. The summed E-state index contributed by atoms with van der Waals surface area (Å²) in [5, 5.41) is 17.6. The van der Waals surface area contributed by atoms with Gasteiger partial charge < -0.3 is 15.7 Å². The molecule has 5 aliphatic rings. The van der Waals surface area contributed by atoms with Crippen LogP contribution in [0.4, 0.5) is 0 Å². The van der Waals surface area contributed by atoms with Crippen LogP contribution in [0, 0.1) is 56.7 Å². The van der Waals surface area contributed by atoms with Gasteiger partial charge in [0.25, 0.3) is 5.91 Å². The third-order valence-corrected chi connectivity index (χ3v) is 16.9. The molecule has 1 aromatic carbocycles. The van der Waals surface area contributed by atoms with Gasteiger partial charge in [-0.25, -0.2) is 0 Å². The molecule has 11 atom stereocenters. The predicted octanol–water partition coefficient (Wildman–Crippen LogP) is 9.25. The minimum absolute atomic E-state index is 0.0468. The molecule has 0 bridgehead atoms. The molecule has 282 valence electrons. The van der Waals surface area contributed by atoms with E-state index in [4.69, 9.17) is 0 Å². The zero-order valence-corrected chi connectivity index (χ0v) is 33.1. The number of fused-ring (bicyclic) bond motifs is 7. The molecular formula is C46H65N3O3. The quantitative estimate of drug-likeness (QED) is 0.239. The Balaban J connectivity index is 1.07. The van der Waals surface area contributed by atoms with Crippen LogP contribution in [-0.2, 0) is 11.2 Å². The van der Waals surface area contributed by atoms with Gasteiger partial charge in [0.1, 0.15) is 0 Å². The zero-order chi connectivity index (χ0) is 37.3. The van der Waals surface area contributed by atoms with E-state index in [9.17, 15) is 14.7 Å². The van der Waals surface area contributed by atoms with Crippen molar-refractivity contribution in [2.75, 3.05) is 6.54 Å². The first kappa shape index (κ1) is 37.3. The largest absolute Gasteiger partial charge is 0.393 e. The summed E-state index contributed by atoms with van der Waals surface area (Å²) < 4.78 is 0. The summed E-state index contributed by atoms with van der Waals surface area (Å²) in [7, 11) is 0. The molecule has 5 fully saturated rings. The van der Waals surface area contributed by atoms with E-state index in [0.29, 0.717) is 48.1 Å². The summed E-state index contributed by atoms with van der Waals surface area (Å²) in [5.74, 6) is 2.53. The fourth-order valence-electron chi connectivity index (χ4n) is 13.9. The third kappa shape index (κ3) is 5.71. The van der Waals surface area contributed by atoms with Crippen LogP contribution in [0.2, 0.25) is 0 Å². The van der Waals surface area contributed by atoms with E-state index in [0.717, 1.165) is 49.8 Å². The zero-order valence-electron chi connectivity index (χ0n) is 33.1. The van der Waals surface area contributed by atoms with Crippen molar-refractivity contribution in [2.45, 2.75) is 131 Å². The Hall–Kier alpha value is -2.99. The predicted molar refractivity (Wildman–Crippen MR) is 208 cm³/mol. The number of nitrogens with one attached hydrogen (secondary N) is 2. The Morgan fingerprint density at radius 3 is 2.42 bits per heavy atom. The minimum atomic E-state index is -0.349. The summed E-state index contributed by atoms with van der Waals surface area (Å²) in [4.78, 5) is 32.2. The molecule has 4 unspecified atom stereocenters. The van der Waals surface area contributed by atoms with E-state index < -0.39 is 0 Å². The number of aliphatic hydroxyl groups is 1. The van der Waals surface area contributed by atoms with Crippen molar-refractivity contribution >= 4 is 11.8 Å². The highest BCUT2D eigenvalue weighted by Gasteiger charge is 2.71. The normalized spacial score (nSPS) is 39.5. The van der Waals surface area contributed by atoms with Crippen molar-refractivity contribution in [1.82, 2.24) is 15.6 Å². The molecular weight excluding hydrogens is 643 g/mol. The van der Waals surface area contributed by atoms with E-state index in [1.807, 2.05) is 49.4 Å². The summed E-state index contributed by atoms with van der Waals surface area (Å²) >= 11 is 0. The van der Waals surface area contributed by atoms with Crippen molar-refractivity contribution in [1.29, 1.82) is 0 Å². The van der Waals surface area contributed by atoms with E-state index in [-0.39, 0.29) is 51.0 Å². The summed E-state index contributed by atoms with van der Waals surface area (Å²) in [6.45, 7) is 21.8. The maximum absolute atomic E-state index is 14.6. The second-order valence-electron chi connectivity index (χ2n) is 19.4. The maximum Gasteiger partial charge on any atom is 0.251 e. The van der Waals surface area contributed by atoms with Gasteiger partial charge in [-0.05, 0) is 166 Å². The fraction of sp³-hybridized carbons (Fsp3) is 0.674. The third-order valence-electron chi connectivity index (χ3n) is 16.9. The van der Waals surface area contributed by atoms with Gasteiger partial charge in [0.05, 0.1) is 23.3 Å². The number of rotatable bonds is 8. The fourth-order valence-corrected chi connectivity index (χ4v) is 13.9. The highest BCUT2D eigenvalue weighted by molar-refractivity contribution is 5.94. The topological polar surface area (TPSA) is 91.3 Å². The lowest BCUT2D eigenvalue weighted by molar-refractivity contribution is -0.246. The number of pyridine rings is 1. The highest BCUT2D eigenvalue weighted by Crippen LogP contribution is 2.77. The second-order valence-corrected chi connectivity index (χ2v) is 19.4. The first-order chi connectivity index (χ1) is 24.6. The lowest BCUT2D eigenvalue weighted by Gasteiger charge is -2.72. The average Bonchev–Trinajstić information content (AvgIpc) is 3.52. The number of carbonyl (C=O) groups is 2. The molecule has 6 nitrogen and oxygen atoms in total. The van der Waals surface area contributed by atoms with E-state index in [1.54, 1.807) is 6.20 Å². The van der Waals surface area contributed by atoms with Crippen molar-refractivity contribution in [3.05, 3.63) is 77.6 Å². The number of aliphatic hydroxyl groups excluding tert-OH is 1. The number of nitrogens with zero attached hydrogens (tertiary/aromatic N) is 1. The maximum atomic E-state index is 14.6. The number of hydrogen-bond donors (Lipinski definition) is 3. The van der Waals surface area contributed by atoms with Crippen LogP contribution in [-0.4, -0.2) is 34.6 Å². The Bertz CT molecular complexity index is 1690. The Morgan fingerprint density at radius 2 is 1.69 bits per heavy atom. The van der Waals surface area contributed by atoms with Crippen molar-refractivity contribution in [3.8, 4) is 0 Å². The molecule has 6 heteroatoms.